The van der Waals surface area contributed by atoms with Crippen LogP contribution in [0.4, 0.5) is 4.79 Å². The fourth-order valence-electron chi connectivity index (χ4n) is 2.40. The van der Waals surface area contributed by atoms with Crippen LogP contribution in [0.2, 0.25) is 0 Å². The van der Waals surface area contributed by atoms with E-state index in [-0.39, 0.29) is 12.1 Å². The van der Waals surface area contributed by atoms with Crippen LogP contribution >= 0.6 is 0 Å². The lowest BCUT2D eigenvalue weighted by Crippen LogP contribution is -2.34. The molecule has 2 atom stereocenters. The van der Waals surface area contributed by atoms with Crippen LogP contribution in [-0.4, -0.2) is 34.8 Å². The van der Waals surface area contributed by atoms with E-state index in [4.69, 9.17) is 9.84 Å². The third kappa shape index (κ3) is 3.01. The standard InChI is InChI=1S/C14H19NO3/c1-2-12-8-13(9-15(12)14(16)17)18-10-11-6-4-3-5-7-11/h3-7,12-13H,2,8-10H2,1H3,(H,16,17)/t12-,13-/m1/s1. The first-order chi connectivity index (χ1) is 8.70. The van der Waals surface area contributed by atoms with Gasteiger partial charge in [0, 0.05) is 6.04 Å². The Morgan fingerprint density at radius 3 is 2.72 bits per heavy atom. The molecule has 1 aromatic carbocycles. The van der Waals surface area contributed by atoms with Gasteiger partial charge in [-0.1, -0.05) is 37.3 Å². The molecule has 1 N–H and O–H groups in total. The molecule has 1 aliphatic rings. The maximum atomic E-state index is 11.1. The van der Waals surface area contributed by atoms with Gasteiger partial charge in [-0.25, -0.2) is 4.79 Å². The predicted molar refractivity (Wildman–Crippen MR) is 68.4 cm³/mol. The van der Waals surface area contributed by atoms with E-state index in [9.17, 15) is 4.79 Å². The monoisotopic (exact) mass is 249 g/mol. The second kappa shape index (κ2) is 5.87. The van der Waals surface area contributed by atoms with Crippen molar-refractivity contribution in [3.8, 4) is 0 Å². The van der Waals surface area contributed by atoms with Crippen LogP contribution in [0.5, 0.6) is 0 Å². The van der Waals surface area contributed by atoms with Gasteiger partial charge in [0.05, 0.1) is 19.3 Å². The first kappa shape index (κ1) is 12.9. The van der Waals surface area contributed by atoms with Crippen molar-refractivity contribution in [2.75, 3.05) is 6.54 Å². The molecule has 0 bridgehead atoms. The molecule has 0 spiro atoms. The van der Waals surface area contributed by atoms with Gasteiger partial charge < -0.3 is 14.7 Å². The summed E-state index contributed by atoms with van der Waals surface area (Å²) >= 11 is 0. The average Bonchev–Trinajstić information content (AvgIpc) is 2.81. The summed E-state index contributed by atoms with van der Waals surface area (Å²) in [7, 11) is 0. The molecule has 1 saturated heterocycles. The molecule has 4 heteroatoms. The summed E-state index contributed by atoms with van der Waals surface area (Å²) in [6.45, 7) is 3.05. The normalized spacial score (nSPS) is 23.3. The van der Waals surface area contributed by atoms with Crippen molar-refractivity contribution in [1.82, 2.24) is 4.90 Å². The summed E-state index contributed by atoms with van der Waals surface area (Å²) in [6, 6.07) is 10.1. The highest BCUT2D eigenvalue weighted by Gasteiger charge is 2.34. The van der Waals surface area contributed by atoms with Crippen LogP contribution in [0.1, 0.15) is 25.3 Å². The number of nitrogens with zero attached hydrogens (tertiary/aromatic N) is 1. The number of rotatable bonds is 4. The van der Waals surface area contributed by atoms with Gasteiger partial charge in [0.2, 0.25) is 0 Å². The summed E-state index contributed by atoms with van der Waals surface area (Å²) in [5.74, 6) is 0. The van der Waals surface area contributed by atoms with E-state index in [1.165, 1.54) is 4.90 Å². The highest BCUT2D eigenvalue weighted by atomic mass is 16.5. The number of ether oxygens (including phenoxy) is 1. The molecule has 0 aromatic heterocycles. The first-order valence-electron chi connectivity index (χ1n) is 6.35. The van der Waals surface area contributed by atoms with E-state index in [2.05, 4.69) is 0 Å². The van der Waals surface area contributed by atoms with E-state index in [1.54, 1.807) is 0 Å². The third-order valence-electron chi connectivity index (χ3n) is 3.42. The maximum absolute atomic E-state index is 11.1. The molecule has 18 heavy (non-hydrogen) atoms. The van der Waals surface area contributed by atoms with Crippen LogP contribution in [0, 0.1) is 0 Å². The molecular weight excluding hydrogens is 230 g/mol. The molecule has 1 fully saturated rings. The number of amides is 1. The van der Waals surface area contributed by atoms with Crippen molar-refractivity contribution in [3.63, 3.8) is 0 Å². The van der Waals surface area contributed by atoms with E-state index >= 15 is 0 Å². The second-order valence-corrected chi connectivity index (χ2v) is 4.65. The van der Waals surface area contributed by atoms with Crippen LogP contribution in [-0.2, 0) is 11.3 Å². The molecule has 98 valence electrons. The van der Waals surface area contributed by atoms with Gasteiger partial charge in [0.25, 0.3) is 0 Å². The molecule has 1 aromatic rings. The Bertz CT molecular complexity index is 393. The molecule has 0 unspecified atom stereocenters. The summed E-state index contributed by atoms with van der Waals surface area (Å²) in [5.41, 5.74) is 1.12. The van der Waals surface area contributed by atoms with Crippen LogP contribution < -0.4 is 0 Å². The van der Waals surface area contributed by atoms with Crippen molar-refractivity contribution in [2.24, 2.45) is 0 Å². The topological polar surface area (TPSA) is 49.8 Å². The largest absolute Gasteiger partial charge is 0.465 e. The van der Waals surface area contributed by atoms with E-state index in [1.807, 2.05) is 37.3 Å². The van der Waals surface area contributed by atoms with Gasteiger partial charge >= 0.3 is 6.09 Å². The average molecular weight is 249 g/mol. The number of benzene rings is 1. The number of carbonyl (C=O) groups is 1. The Labute approximate surface area is 107 Å². The van der Waals surface area contributed by atoms with E-state index in [0.717, 1.165) is 18.4 Å². The van der Waals surface area contributed by atoms with Crippen molar-refractivity contribution in [2.45, 2.75) is 38.5 Å². The molecule has 1 aliphatic heterocycles. The fraction of sp³-hybridized carbons (Fsp3) is 0.500. The lowest BCUT2D eigenvalue weighted by atomic mass is 10.1. The zero-order valence-electron chi connectivity index (χ0n) is 10.6. The summed E-state index contributed by atoms with van der Waals surface area (Å²) in [5, 5.41) is 9.09. The molecule has 1 amide bonds. The number of carboxylic acid groups (broad SMARTS) is 1. The highest BCUT2D eigenvalue weighted by Crippen LogP contribution is 2.23. The predicted octanol–water partition coefficient (Wildman–Crippen LogP) is 2.73. The second-order valence-electron chi connectivity index (χ2n) is 4.65. The van der Waals surface area contributed by atoms with Gasteiger partial charge in [-0.3, -0.25) is 0 Å². The van der Waals surface area contributed by atoms with E-state index < -0.39 is 6.09 Å². The molecular formula is C14H19NO3. The lowest BCUT2D eigenvalue weighted by Gasteiger charge is -2.18. The number of likely N-dealkylation sites (tertiary alicyclic amines) is 1. The van der Waals surface area contributed by atoms with Gasteiger partial charge in [0.15, 0.2) is 0 Å². The van der Waals surface area contributed by atoms with Crippen molar-refractivity contribution < 1.29 is 14.6 Å². The molecule has 2 rings (SSSR count). The molecule has 0 aliphatic carbocycles. The molecule has 0 radical (unpaired) electrons. The quantitative estimate of drug-likeness (QED) is 0.892. The fourth-order valence-corrected chi connectivity index (χ4v) is 2.40. The van der Waals surface area contributed by atoms with Gasteiger partial charge in [-0.2, -0.15) is 0 Å². The minimum Gasteiger partial charge on any atom is -0.465 e. The summed E-state index contributed by atoms with van der Waals surface area (Å²) in [4.78, 5) is 12.6. The highest BCUT2D eigenvalue weighted by molar-refractivity contribution is 5.66. The zero-order valence-corrected chi connectivity index (χ0v) is 10.6. The van der Waals surface area contributed by atoms with Crippen molar-refractivity contribution >= 4 is 6.09 Å². The van der Waals surface area contributed by atoms with Crippen LogP contribution in [0.15, 0.2) is 30.3 Å². The Hall–Kier alpha value is -1.55. The Kier molecular flexibility index (Phi) is 4.20. The van der Waals surface area contributed by atoms with Gasteiger partial charge in [0.1, 0.15) is 0 Å². The van der Waals surface area contributed by atoms with Gasteiger partial charge in [-0.05, 0) is 18.4 Å². The van der Waals surface area contributed by atoms with E-state index in [0.29, 0.717) is 13.2 Å². The number of hydrogen-bond donors (Lipinski definition) is 1. The van der Waals surface area contributed by atoms with Gasteiger partial charge in [-0.15, -0.1) is 0 Å². The minimum absolute atomic E-state index is 0.0197. The first-order valence-corrected chi connectivity index (χ1v) is 6.35. The van der Waals surface area contributed by atoms with Crippen molar-refractivity contribution in [1.29, 1.82) is 0 Å². The SMILES string of the molecule is CC[C@@H]1C[C@@H](OCc2ccccc2)CN1C(=O)O. The summed E-state index contributed by atoms with van der Waals surface area (Å²) in [6.07, 6.45) is 0.826. The Balaban J connectivity index is 1.87. The maximum Gasteiger partial charge on any atom is 0.407 e. The lowest BCUT2D eigenvalue weighted by molar-refractivity contribution is 0.0465. The zero-order chi connectivity index (χ0) is 13.0. The van der Waals surface area contributed by atoms with Crippen LogP contribution in [0.3, 0.4) is 0 Å². The minimum atomic E-state index is -0.840. The third-order valence-corrected chi connectivity index (χ3v) is 3.42. The number of hydrogen-bond acceptors (Lipinski definition) is 2. The smallest absolute Gasteiger partial charge is 0.407 e. The Morgan fingerprint density at radius 1 is 1.44 bits per heavy atom. The van der Waals surface area contributed by atoms with Crippen LogP contribution in [0.25, 0.3) is 0 Å². The molecule has 0 saturated carbocycles. The summed E-state index contributed by atoms with van der Waals surface area (Å²) < 4.78 is 5.80. The molecule has 1 heterocycles. The Morgan fingerprint density at radius 2 is 2.17 bits per heavy atom. The molecule has 4 nitrogen and oxygen atoms in total. The van der Waals surface area contributed by atoms with Crippen molar-refractivity contribution in [3.05, 3.63) is 35.9 Å².